The summed E-state index contributed by atoms with van der Waals surface area (Å²) in [6.45, 7) is 0. The van der Waals surface area contributed by atoms with Crippen molar-refractivity contribution in [1.82, 2.24) is 0 Å². The van der Waals surface area contributed by atoms with Crippen molar-refractivity contribution < 1.29 is 5.11 Å². The number of fused-ring (bicyclic) bond motifs is 1. The van der Waals surface area contributed by atoms with Crippen LogP contribution >= 0.6 is 0 Å². The molecule has 1 aromatic carbocycles. The van der Waals surface area contributed by atoms with Gasteiger partial charge < -0.3 is 16.2 Å². The maximum absolute atomic E-state index is 9.26. The molecule has 4 N–H and O–H groups in total. The summed E-state index contributed by atoms with van der Waals surface area (Å²) in [6, 6.07) is 7.42. The summed E-state index contributed by atoms with van der Waals surface area (Å²) < 4.78 is 0. The first-order valence-corrected chi connectivity index (χ1v) is 3.65. The summed E-state index contributed by atoms with van der Waals surface area (Å²) in [5.74, 6) is 0.203. The van der Waals surface area contributed by atoms with Gasteiger partial charge >= 0.3 is 0 Å². The van der Waals surface area contributed by atoms with Gasteiger partial charge in [0.1, 0.15) is 5.84 Å². The van der Waals surface area contributed by atoms with E-state index in [1.54, 1.807) is 0 Å². The molecule has 0 aliphatic carbocycles. The van der Waals surface area contributed by atoms with Crippen molar-refractivity contribution in [2.24, 2.45) is 10.7 Å². The molecule has 0 radical (unpaired) electrons. The Bertz CT molecular complexity index is 335. The molecule has 12 heavy (non-hydrogen) atoms. The number of hydrogen-bond donors (Lipinski definition) is 3. The van der Waals surface area contributed by atoms with Gasteiger partial charge in [0.2, 0.25) is 0 Å². The topological polar surface area (TPSA) is 70.6 Å². The normalized spacial score (nSPS) is 20.8. The highest BCUT2D eigenvalue weighted by atomic mass is 16.3. The molecule has 0 spiro atoms. The third-order valence-electron chi connectivity index (χ3n) is 1.73. The van der Waals surface area contributed by atoms with Gasteiger partial charge in [-0.2, -0.15) is 0 Å². The van der Waals surface area contributed by atoms with E-state index in [-0.39, 0.29) is 5.84 Å². The highest BCUT2D eigenvalue weighted by Gasteiger charge is 2.15. The maximum Gasteiger partial charge on any atom is 0.183 e. The van der Waals surface area contributed by atoms with Crippen molar-refractivity contribution in [3.05, 3.63) is 24.3 Å². The van der Waals surface area contributed by atoms with Gasteiger partial charge in [0.25, 0.3) is 0 Å². The molecule has 0 amide bonds. The van der Waals surface area contributed by atoms with Crippen LogP contribution in [0.1, 0.15) is 0 Å². The van der Waals surface area contributed by atoms with Crippen molar-refractivity contribution in [3.63, 3.8) is 0 Å². The SMILES string of the molecule is NC1=Nc2ccccc2N[C@@H]1O. The van der Waals surface area contributed by atoms with E-state index in [1.165, 1.54) is 0 Å². The first-order chi connectivity index (χ1) is 5.77. The van der Waals surface area contributed by atoms with Gasteiger partial charge in [-0.25, -0.2) is 4.99 Å². The molecule has 1 atom stereocenters. The number of para-hydroxylation sites is 2. The highest BCUT2D eigenvalue weighted by molar-refractivity contribution is 5.94. The fourth-order valence-corrected chi connectivity index (χ4v) is 1.11. The molecule has 0 bridgehead atoms. The largest absolute Gasteiger partial charge is 0.383 e. The number of nitrogens with two attached hydrogens (primary N) is 1. The average Bonchev–Trinajstić information content (AvgIpc) is 2.07. The number of anilines is 1. The molecule has 0 aromatic heterocycles. The third kappa shape index (κ3) is 1.02. The lowest BCUT2D eigenvalue weighted by atomic mass is 10.2. The van der Waals surface area contributed by atoms with Crippen LogP contribution in [0.15, 0.2) is 29.3 Å². The van der Waals surface area contributed by atoms with Crippen molar-refractivity contribution in [1.29, 1.82) is 0 Å². The van der Waals surface area contributed by atoms with Gasteiger partial charge in [-0.1, -0.05) is 12.1 Å². The highest BCUT2D eigenvalue weighted by Crippen LogP contribution is 2.27. The lowest BCUT2D eigenvalue weighted by molar-refractivity contribution is 0.267. The number of aliphatic imine (C=N–C) groups is 1. The molecule has 0 saturated carbocycles. The summed E-state index contributed by atoms with van der Waals surface area (Å²) in [5.41, 5.74) is 7.00. The van der Waals surface area contributed by atoms with Crippen LogP contribution in [0.3, 0.4) is 0 Å². The predicted molar refractivity (Wildman–Crippen MR) is 47.4 cm³/mol. The molecule has 0 saturated heterocycles. The average molecular weight is 163 g/mol. The summed E-state index contributed by atoms with van der Waals surface area (Å²) in [5, 5.41) is 12.1. The summed E-state index contributed by atoms with van der Waals surface area (Å²) in [6.07, 6.45) is -0.861. The number of rotatable bonds is 0. The minimum atomic E-state index is -0.861. The first-order valence-electron chi connectivity index (χ1n) is 3.65. The first kappa shape index (κ1) is 7.12. The van der Waals surface area contributed by atoms with Crippen molar-refractivity contribution >= 4 is 17.2 Å². The zero-order chi connectivity index (χ0) is 8.55. The number of nitrogens with one attached hydrogen (secondary N) is 1. The molecule has 4 nitrogen and oxygen atoms in total. The smallest absolute Gasteiger partial charge is 0.183 e. The second-order valence-electron chi connectivity index (χ2n) is 2.60. The molecule has 0 fully saturated rings. The van der Waals surface area contributed by atoms with Gasteiger partial charge in [-0.3, -0.25) is 0 Å². The van der Waals surface area contributed by atoms with E-state index in [9.17, 15) is 5.11 Å². The molecule has 0 unspecified atom stereocenters. The summed E-state index contributed by atoms with van der Waals surface area (Å²) in [7, 11) is 0. The summed E-state index contributed by atoms with van der Waals surface area (Å²) in [4.78, 5) is 4.01. The van der Waals surface area contributed by atoms with Gasteiger partial charge in [0, 0.05) is 0 Å². The number of aliphatic hydroxyl groups is 1. The van der Waals surface area contributed by atoms with Crippen LogP contribution in [0, 0.1) is 0 Å². The Morgan fingerprint density at radius 1 is 1.42 bits per heavy atom. The molecule has 2 rings (SSSR count). The predicted octanol–water partition coefficient (Wildman–Crippen LogP) is 0.419. The maximum atomic E-state index is 9.26. The fraction of sp³-hybridized carbons (Fsp3) is 0.125. The summed E-state index contributed by atoms with van der Waals surface area (Å²) >= 11 is 0. The molecular formula is C8H9N3O. The van der Waals surface area contributed by atoms with Crippen LogP contribution in [-0.4, -0.2) is 17.2 Å². The number of amidine groups is 1. The Balaban J connectivity index is 2.49. The van der Waals surface area contributed by atoms with Crippen LogP contribution in [0.25, 0.3) is 0 Å². The standard InChI is InChI=1S/C8H9N3O/c9-7-8(12)11-6-4-2-1-3-5(6)10-7/h1-4,8,11-12H,(H2,9,10)/t8-/m1/s1. The minimum absolute atomic E-state index is 0.203. The molecule has 1 heterocycles. The number of nitrogens with zero attached hydrogens (tertiary/aromatic N) is 1. The van der Waals surface area contributed by atoms with E-state index in [2.05, 4.69) is 10.3 Å². The molecule has 62 valence electrons. The van der Waals surface area contributed by atoms with Crippen LogP contribution in [0.4, 0.5) is 11.4 Å². The van der Waals surface area contributed by atoms with Crippen molar-refractivity contribution in [2.75, 3.05) is 5.32 Å². The third-order valence-corrected chi connectivity index (χ3v) is 1.73. The minimum Gasteiger partial charge on any atom is -0.383 e. The van der Waals surface area contributed by atoms with Gasteiger partial charge in [-0.15, -0.1) is 0 Å². The lowest BCUT2D eigenvalue weighted by Crippen LogP contribution is -2.37. The van der Waals surface area contributed by atoms with E-state index in [0.29, 0.717) is 0 Å². The van der Waals surface area contributed by atoms with E-state index in [0.717, 1.165) is 11.4 Å². The zero-order valence-corrected chi connectivity index (χ0v) is 6.36. The van der Waals surface area contributed by atoms with E-state index < -0.39 is 6.23 Å². The van der Waals surface area contributed by atoms with Crippen LogP contribution in [0.5, 0.6) is 0 Å². The Morgan fingerprint density at radius 2 is 2.17 bits per heavy atom. The second kappa shape index (κ2) is 2.49. The van der Waals surface area contributed by atoms with Gasteiger partial charge in [-0.05, 0) is 12.1 Å². The van der Waals surface area contributed by atoms with Crippen LogP contribution in [-0.2, 0) is 0 Å². The molecule has 1 aliphatic rings. The van der Waals surface area contributed by atoms with Crippen LogP contribution < -0.4 is 11.1 Å². The monoisotopic (exact) mass is 163 g/mol. The zero-order valence-electron chi connectivity index (χ0n) is 6.36. The quantitative estimate of drug-likeness (QED) is 0.519. The van der Waals surface area contributed by atoms with Gasteiger partial charge in [0.05, 0.1) is 11.4 Å². The van der Waals surface area contributed by atoms with E-state index >= 15 is 0 Å². The number of aliphatic hydroxyl groups excluding tert-OH is 1. The molecule has 1 aromatic rings. The molecule has 4 heteroatoms. The fourth-order valence-electron chi connectivity index (χ4n) is 1.11. The Hall–Kier alpha value is -1.55. The van der Waals surface area contributed by atoms with Crippen molar-refractivity contribution in [2.45, 2.75) is 6.23 Å². The Labute approximate surface area is 69.7 Å². The lowest BCUT2D eigenvalue weighted by Gasteiger charge is -2.19. The van der Waals surface area contributed by atoms with E-state index in [1.807, 2.05) is 24.3 Å². The van der Waals surface area contributed by atoms with Crippen molar-refractivity contribution in [3.8, 4) is 0 Å². The van der Waals surface area contributed by atoms with Crippen LogP contribution in [0.2, 0.25) is 0 Å². The number of benzene rings is 1. The second-order valence-corrected chi connectivity index (χ2v) is 2.60. The number of hydrogen-bond acceptors (Lipinski definition) is 4. The molecule has 1 aliphatic heterocycles. The molecular weight excluding hydrogens is 154 g/mol. The Morgan fingerprint density at radius 3 is 3.00 bits per heavy atom. The Kier molecular flexibility index (Phi) is 1.48. The van der Waals surface area contributed by atoms with Gasteiger partial charge in [0.15, 0.2) is 6.23 Å². The van der Waals surface area contributed by atoms with E-state index in [4.69, 9.17) is 5.73 Å².